The van der Waals surface area contributed by atoms with E-state index in [1.54, 1.807) is 0 Å². The summed E-state index contributed by atoms with van der Waals surface area (Å²) in [6.45, 7) is 7.14. The zero-order valence-electron chi connectivity index (χ0n) is 11.2. The molecular weight excluding hydrogens is 222 g/mol. The Morgan fingerprint density at radius 2 is 2.22 bits per heavy atom. The van der Waals surface area contributed by atoms with Gasteiger partial charge in [0.1, 0.15) is 0 Å². The average Bonchev–Trinajstić information content (AvgIpc) is 2.82. The van der Waals surface area contributed by atoms with E-state index < -0.39 is 0 Å². The topological polar surface area (TPSA) is 29.9 Å². The first-order chi connectivity index (χ1) is 8.79. The first-order valence-electron chi connectivity index (χ1n) is 6.55. The minimum Gasteiger partial charge on any atom is -0.334 e. The molecule has 0 saturated carbocycles. The molecule has 0 aliphatic carbocycles. The minimum absolute atomic E-state index is 0.889. The van der Waals surface area contributed by atoms with Gasteiger partial charge in [-0.25, -0.2) is 4.98 Å². The minimum atomic E-state index is 0.889. The molecule has 0 aliphatic rings. The first kappa shape index (κ1) is 12.8. The van der Waals surface area contributed by atoms with Crippen LogP contribution in [0.2, 0.25) is 0 Å². The molecule has 3 nitrogen and oxygen atoms in total. The van der Waals surface area contributed by atoms with E-state index >= 15 is 0 Å². The van der Waals surface area contributed by atoms with Crippen LogP contribution in [0.25, 0.3) is 0 Å². The van der Waals surface area contributed by atoms with Crippen molar-refractivity contribution in [2.75, 3.05) is 6.54 Å². The number of imidazole rings is 1. The van der Waals surface area contributed by atoms with Gasteiger partial charge in [0.05, 0.1) is 12.0 Å². The number of aryl methyl sites for hydroxylation is 2. The monoisotopic (exact) mass is 243 g/mol. The molecule has 0 saturated heterocycles. The Morgan fingerprint density at radius 1 is 1.33 bits per heavy atom. The SMILES string of the molecule is CCn1cncc1CNCCc1cccc(C)c1. The predicted molar refractivity (Wildman–Crippen MR) is 74.5 cm³/mol. The lowest BCUT2D eigenvalue weighted by Crippen LogP contribution is -2.18. The third-order valence-corrected chi connectivity index (χ3v) is 3.12. The highest BCUT2D eigenvalue weighted by Gasteiger charge is 1.99. The lowest BCUT2D eigenvalue weighted by molar-refractivity contribution is 0.628. The summed E-state index contributed by atoms with van der Waals surface area (Å²) in [5.74, 6) is 0. The van der Waals surface area contributed by atoms with Crippen molar-refractivity contribution in [3.8, 4) is 0 Å². The highest BCUT2D eigenvalue weighted by atomic mass is 15.1. The fourth-order valence-electron chi connectivity index (χ4n) is 2.10. The van der Waals surface area contributed by atoms with E-state index in [1.807, 2.05) is 12.5 Å². The Balaban J connectivity index is 1.76. The third-order valence-electron chi connectivity index (χ3n) is 3.12. The summed E-state index contributed by atoms with van der Waals surface area (Å²) in [5.41, 5.74) is 3.98. The molecule has 0 spiro atoms. The summed E-state index contributed by atoms with van der Waals surface area (Å²) in [6.07, 6.45) is 4.89. The van der Waals surface area contributed by atoms with Crippen molar-refractivity contribution < 1.29 is 0 Å². The van der Waals surface area contributed by atoms with E-state index in [1.165, 1.54) is 16.8 Å². The second kappa shape index (κ2) is 6.36. The molecule has 3 heteroatoms. The molecule has 2 rings (SSSR count). The van der Waals surface area contributed by atoms with Crippen LogP contribution in [0.3, 0.4) is 0 Å². The van der Waals surface area contributed by atoms with E-state index in [4.69, 9.17) is 0 Å². The van der Waals surface area contributed by atoms with Gasteiger partial charge in [-0.2, -0.15) is 0 Å². The van der Waals surface area contributed by atoms with Crippen molar-refractivity contribution in [3.05, 3.63) is 53.6 Å². The fourth-order valence-corrected chi connectivity index (χ4v) is 2.10. The van der Waals surface area contributed by atoms with Gasteiger partial charge in [0.15, 0.2) is 0 Å². The zero-order chi connectivity index (χ0) is 12.8. The Kier molecular flexibility index (Phi) is 4.53. The molecule has 0 atom stereocenters. The maximum Gasteiger partial charge on any atom is 0.0948 e. The lowest BCUT2D eigenvalue weighted by Gasteiger charge is -2.07. The molecule has 2 aromatic rings. The van der Waals surface area contributed by atoms with Crippen LogP contribution in [0.4, 0.5) is 0 Å². The highest BCUT2D eigenvalue weighted by molar-refractivity contribution is 5.22. The Bertz CT molecular complexity index is 488. The molecule has 1 aromatic carbocycles. The number of hydrogen-bond acceptors (Lipinski definition) is 2. The second-order valence-electron chi connectivity index (χ2n) is 4.59. The van der Waals surface area contributed by atoms with E-state index in [2.05, 4.69) is 53.0 Å². The van der Waals surface area contributed by atoms with Crippen LogP contribution >= 0.6 is 0 Å². The summed E-state index contributed by atoms with van der Waals surface area (Å²) in [6, 6.07) is 8.69. The van der Waals surface area contributed by atoms with Crippen molar-refractivity contribution in [1.82, 2.24) is 14.9 Å². The molecule has 0 radical (unpaired) electrons. The number of nitrogens with one attached hydrogen (secondary N) is 1. The van der Waals surface area contributed by atoms with E-state index in [9.17, 15) is 0 Å². The summed E-state index contributed by atoms with van der Waals surface area (Å²) >= 11 is 0. The largest absolute Gasteiger partial charge is 0.334 e. The Morgan fingerprint density at radius 3 is 3.00 bits per heavy atom. The van der Waals surface area contributed by atoms with Crippen LogP contribution < -0.4 is 5.32 Å². The predicted octanol–water partition coefficient (Wildman–Crippen LogP) is 2.54. The molecule has 1 heterocycles. The van der Waals surface area contributed by atoms with E-state index in [-0.39, 0.29) is 0 Å². The van der Waals surface area contributed by atoms with Crippen molar-refractivity contribution in [2.24, 2.45) is 0 Å². The standard InChI is InChI=1S/C15H21N3/c1-3-18-12-17-11-15(18)10-16-8-7-14-6-4-5-13(2)9-14/h4-6,9,11-12,16H,3,7-8,10H2,1-2H3. The first-order valence-corrected chi connectivity index (χ1v) is 6.55. The summed E-state index contributed by atoms with van der Waals surface area (Å²) in [4.78, 5) is 4.16. The van der Waals surface area contributed by atoms with Crippen molar-refractivity contribution >= 4 is 0 Å². The number of hydrogen-bond donors (Lipinski definition) is 1. The normalized spacial score (nSPS) is 10.8. The quantitative estimate of drug-likeness (QED) is 0.790. The van der Waals surface area contributed by atoms with Crippen LogP contribution in [-0.2, 0) is 19.5 Å². The molecule has 0 aliphatic heterocycles. The number of aromatic nitrogens is 2. The number of rotatable bonds is 6. The van der Waals surface area contributed by atoms with E-state index in [0.29, 0.717) is 0 Å². The van der Waals surface area contributed by atoms with Crippen molar-refractivity contribution in [2.45, 2.75) is 33.4 Å². The third kappa shape index (κ3) is 3.44. The Labute approximate surface area is 109 Å². The molecule has 0 unspecified atom stereocenters. The molecule has 0 fully saturated rings. The second-order valence-corrected chi connectivity index (χ2v) is 4.59. The van der Waals surface area contributed by atoms with Crippen LogP contribution in [0.1, 0.15) is 23.7 Å². The van der Waals surface area contributed by atoms with Crippen LogP contribution in [-0.4, -0.2) is 16.1 Å². The Hall–Kier alpha value is -1.61. The molecule has 1 N–H and O–H groups in total. The molecular formula is C15H21N3. The smallest absolute Gasteiger partial charge is 0.0948 e. The zero-order valence-corrected chi connectivity index (χ0v) is 11.2. The summed E-state index contributed by atoms with van der Waals surface area (Å²) in [7, 11) is 0. The van der Waals surface area contributed by atoms with Crippen LogP contribution in [0.5, 0.6) is 0 Å². The van der Waals surface area contributed by atoms with Gasteiger partial charge < -0.3 is 9.88 Å². The molecule has 0 bridgehead atoms. The maximum absolute atomic E-state index is 4.16. The molecule has 96 valence electrons. The lowest BCUT2D eigenvalue weighted by atomic mass is 10.1. The highest BCUT2D eigenvalue weighted by Crippen LogP contribution is 2.04. The number of nitrogens with zero attached hydrogens (tertiary/aromatic N) is 2. The van der Waals surface area contributed by atoms with Gasteiger partial charge in [0.2, 0.25) is 0 Å². The maximum atomic E-state index is 4.16. The van der Waals surface area contributed by atoms with Crippen molar-refractivity contribution in [1.29, 1.82) is 0 Å². The average molecular weight is 243 g/mol. The molecule has 1 aromatic heterocycles. The van der Waals surface area contributed by atoms with Gasteiger partial charge in [-0.3, -0.25) is 0 Å². The van der Waals surface area contributed by atoms with Gasteiger partial charge in [0, 0.05) is 19.3 Å². The summed E-state index contributed by atoms with van der Waals surface area (Å²) in [5, 5.41) is 3.47. The van der Waals surface area contributed by atoms with Gasteiger partial charge in [-0.1, -0.05) is 29.8 Å². The van der Waals surface area contributed by atoms with Gasteiger partial charge in [0.25, 0.3) is 0 Å². The van der Waals surface area contributed by atoms with Crippen LogP contribution in [0.15, 0.2) is 36.8 Å². The molecule has 18 heavy (non-hydrogen) atoms. The van der Waals surface area contributed by atoms with Crippen LogP contribution in [0, 0.1) is 6.92 Å². The van der Waals surface area contributed by atoms with Gasteiger partial charge in [-0.15, -0.1) is 0 Å². The van der Waals surface area contributed by atoms with Gasteiger partial charge in [-0.05, 0) is 32.4 Å². The van der Waals surface area contributed by atoms with E-state index in [0.717, 1.165) is 26.1 Å². The van der Waals surface area contributed by atoms with Crippen molar-refractivity contribution in [3.63, 3.8) is 0 Å². The number of benzene rings is 1. The molecule has 0 amide bonds. The summed E-state index contributed by atoms with van der Waals surface area (Å²) < 4.78 is 2.17. The van der Waals surface area contributed by atoms with Gasteiger partial charge >= 0.3 is 0 Å². The fraction of sp³-hybridized carbons (Fsp3) is 0.400.